The number of nitrogens with one attached hydrogen (secondary N) is 1. The molecule has 128 valence electrons. The Labute approximate surface area is 144 Å². The molecule has 1 saturated heterocycles. The van der Waals surface area contributed by atoms with Gasteiger partial charge in [-0.1, -0.05) is 19.9 Å². The molecule has 3 rings (SSSR count). The summed E-state index contributed by atoms with van der Waals surface area (Å²) in [6, 6.07) is 6.35. The lowest BCUT2D eigenvalue weighted by atomic mass is 10.2. The normalized spacial score (nSPS) is 14.2. The molecular formula is C19H27N5. The van der Waals surface area contributed by atoms with Crippen molar-refractivity contribution in [2.45, 2.75) is 53.0 Å². The summed E-state index contributed by atoms with van der Waals surface area (Å²) in [4.78, 5) is 16.4. The Balaban J connectivity index is 1.79. The second-order valence-electron chi connectivity index (χ2n) is 6.36. The van der Waals surface area contributed by atoms with Crippen LogP contribution in [0.5, 0.6) is 0 Å². The molecule has 5 heteroatoms. The first-order chi connectivity index (χ1) is 11.7. The third-order valence-corrected chi connectivity index (χ3v) is 4.49. The molecule has 2 aromatic heterocycles. The van der Waals surface area contributed by atoms with E-state index in [1.54, 1.807) is 0 Å². The molecule has 1 aliphatic rings. The number of pyridine rings is 1. The van der Waals surface area contributed by atoms with Gasteiger partial charge in [-0.15, -0.1) is 0 Å². The maximum Gasteiger partial charge on any atom is 0.223 e. The number of aromatic nitrogens is 3. The van der Waals surface area contributed by atoms with Crippen molar-refractivity contribution in [3.63, 3.8) is 0 Å². The number of anilines is 2. The lowest BCUT2D eigenvalue weighted by Crippen LogP contribution is -2.22. The van der Waals surface area contributed by atoms with Crippen LogP contribution in [-0.4, -0.2) is 28.0 Å². The van der Waals surface area contributed by atoms with E-state index in [9.17, 15) is 0 Å². The summed E-state index contributed by atoms with van der Waals surface area (Å²) in [5.74, 6) is 1.83. The maximum absolute atomic E-state index is 4.78. The largest absolute Gasteiger partial charge is 0.356 e. The summed E-state index contributed by atoms with van der Waals surface area (Å²) in [5, 5.41) is 3.40. The average Bonchev–Trinajstić information content (AvgIpc) is 3.14. The molecule has 0 saturated carbocycles. The SMILES string of the molecule is CCc1cc(CC)nc(NCc2ccc(C)nc2N2CCCC2)n1. The molecule has 0 radical (unpaired) electrons. The van der Waals surface area contributed by atoms with Gasteiger partial charge in [0.1, 0.15) is 5.82 Å². The molecule has 0 bridgehead atoms. The van der Waals surface area contributed by atoms with Gasteiger partial charge in [0.15, 0.2) is 0 Å². The van der Waals surface area contributed by atoms with Crippen molar-refractivity contribution in [2.75, 3.05) is 23.3 Å². The quantitative estimate of drug-likeness (QED) is 0.881. The number of aryl methyl sites for hydroxylation is 3. The molecule has 0 spiro atoms. The van der Waals surface area contributed by atoms with E-state index in [0.717, 1.165) is 54.8 Å². The Kier molecular flexibility index (Phi) is 5.28. The molecule has 3 heterocycles. The average molecular weight is 325 g/mol. The summed E-state index contributed by atoms with van der Waals surface area (Å²) < 4.78 is 0. The van der Waals surface area contributed by atoms with Crippen LogP contribution in [0.15, 0.2) is 18.2 Å². The summed E-state index contributed by atoms with van der Waals surface area (Å²) in [7, 11) is 0. The third kappa shape index (κ3) is 3.83. The molecule has 0 aliphatic carbocycles. The first kappa shape index (κ1) is 16.7. The zero-order chi connectivity index (χ0) is 16.9. The van der Waals surface area contributed by atoms with Gasteiger partial charge in [0, 0.05) is 42.3 Å². The van der Waals surface area contributed by atoms with Crippen LogP contribution in [0.25, 0.3) is 0 Å². The standard InChI is InChI=1S/C19H27N5/c1-4-16-12-17(5-2)23-19(22-16)20-13-15-9-8-14(3)21-18(15)24-10-6-7-11-24/h8-9,12H,4-7,10-11,13H2,1-3H3,(H,20,22,23). The van der Waals surface area contributed by atoms with E-state index in [1.165, 1.54) is 18.4 Å². The highest BCUT2D eigenvalue weighted by molar-refractivity contribution is 5.50. The van der Waals surface area contributed by atoms with Crippen molar-refractivity contribution in [1.29, 1.82) is 0 Å². The van der Waals surface area contributed by atoms with E-state index < -0.39 is 0 Å². The minimum atomic E-state index is 0.704. The van der Waals surface area contributed by atoms with Crippen LogP contribution in [-0.2, 0) is 19.4 Å². The molecule has 1 N–H and O–H groups in total. The van der Waals surface area contributed by atoms with Gasteiger partial charge in [-0.25, -0.2) is 15.0 Å². The lowest BCUT2D eigenvalue weighted by Gasteiger charge is -2.21. The van der Waals surface area contributed by atoms with Crippen LogP contribution in [0.4, 0.5) is 11.8 Å². The van der Waals surface area contributed by atoms with Crippen molar-refractivity contribution >= 4 is 11.8 Å². The van der Waals surface area contributed by atoms with Gasteiger partial charge in [0.25, 0.3) is 0 Å². The second-order valence-corrected chi connectivity index (χ2v) is 6.36. The second kappa shape index (κ2) is 7.60. The zero-order valence-corrected chi connectivity index (χ0v) is 15.0. The zero-order valence-electron chi connectivity index (χ0n) is 15.0. The van der Waals surface area contributed by atoms with Crippen LogP contribution in [0, 0.1) is 6.92 Å². The van der Waals surface area contributed by atoms with Gasteiger partial charge in [0.2, 0.25) is 5.95 Å². The van der Waals surface area contributed by atoms with E-state index in [4.69, 9.17) is 4.98 Å². The molecule has 0 atom stereocenters. The Morgan fingerprint density at radius 1 is 1.00 bits per heavy atom. The highest BCUT2D eigenvalue weighted by Crippen LogP contribution is 2.23. The molecule has 5 nitrogen and oxygen atoms in total. The van der Waals surface area contributed by atoms with Crippen molar-refractivity contribution in [1.82, 2.24) is 15.0 Å². The predicted octanol–water partition coefficient (Wildman–Crippen LogP) is 3.52. The highest BCUT2D eigenvalue weighted by Gasteiger charge is 2.17. The van der Waals surface area contributed by atoms with Gasteiger partial charge in [-0.05, 0) is 44.7 Å². The Morgan fingerprint density at radius 3 is 2.29 bits per heavy atom. The first-order valence-electron chi connectivity index (χ1n) is 9.01. The smallest absolute Gasteiger partial charge is 0.223 e. The number of nitrogens with zero attached hydrogens (tertiary/aromatic N) is 4. The minimum Gasteiger partial charge on any atom is -0.356 e. The monoisotopic (exact) mass is 325 g/mol. The topological polar surface area (TPSA) is 53.9 Å². The van der Waals surface area contributed by atoms with Gasteiger partial charge >= 0.3 is 0 Å². The predicted molar refractivity (Wildman–Crippen MR) is 98.5 cm³/mol. The summed E-state index contributed by atoms with van der Waals surface area (Å²) >= 11 is 0. The maximum atomic E-state index is 4.78. The first-order valence-corrected chi connectivity index (χ1v) is 9.01. The van der Waals surface area contributed by atoms with Crippen molar-refractivity contribution < 1.29 is 0 Å². The number of hydrogen-bond donors (Lipinski definition) is 1. The molecule has 24 heavy (non-hydrogen) atoms. The fraction of sp³-hybridized carbons (Fsp3) is 0.526. The Morgan fingerprint density at radius 2 is 1.67 bits per heavy atom. The van der Waals surface area contributed by atoms with Crippen LogP contribution < -0.4 is 10.2 Å². The van der Waals surface area contributed by atoms with Crippen molar-refractivity contribution in [3.05, 3.63) is 40.8 Å². The van der Waals surface area contributed by atoms with Crippen LogP contribution in [0.1, 0.15) is 49.3 Å². The molecule has 0 aromatic carbocycles. The molecule has 1 fully saturated rings. The third-order valence-electron chi connectivity index (χ3n) is 4.49. The van der Waals surface area contributed by atoms with E-state index in [2.05, 4.69) is 59.2 Å². The molecular weight excluding hydrogens is 298 g/mol. The summed E-state index contributed by atoms with van der Waals surface area (Å²) in [6.07, 6.45) is 4.36. The van der Waals surface area contributed by atoms with Crippen LogP contribution >= 0.6 is 0 Å². The highest BCUT2D eigenvalue weighted by atomic mass is 15.2. The van der Waals surface area contributed by atoms with E-state index in [1.807, 2.05) is 0 Å². The summed E-state index contributed by atoms with van der Waals surface area (Å²) in [5.41, 5.74) is 4.46. The molecule has 0 unspecified atom stereocenters. The molecule has 0 amide bonds. The van der Waals surface area contributed by atoms with Crippen molar-refractivity contribution in [3.8, 4) is 0 Å². The Bertz CT molecular complexity index is 670. The Hall–Kier alpha value is -2.17. The van der Waals surface area contributed by atoms with Crippen LogP contribution in [0.2, 0.25) is 0 Å². The number of hydrogen-bond acceptors (Lipinski definition) is 5. The van der Waals surface area contributed by atoms with Gasteiger partial charge in [-0.2, -0.15) is 0 Å². The van der Waals surface area contributed by atoms with Crippen LogP contribution in [0.3, 0.4) is 0 Å². The van der Waals surface area contributed by atoms with Gasteiger partial charge in [-0.3, -0.25) is 0 Å². The lowest BCUT2D eigenvalue weighted by molar-refractivity contribution is 0.894. The fourth-order valence-electron chi connectivity index (χ4n) is 3.08. The van der Waals surface area contributed by atoms with E-state index in [-0.39, 0.29) is 0 Å². The molecule has 2 aromatic rings. The van der Waals surface area contributed by atoms with Gasteiger partial charge in [0.05, 0.1) is 0 Å². The van der Waals surface area contributed by atoms with E-state index >= 15 is 0 Å². The van der Waals surface area contributed by atoms with Gasteiger partial charge < -0.3 is 10.2 Å². The van der Waals surface area contributed by atoms with E-state index in [0.29, 0.717) is 6.54 Å². The summed E-state index contributed by atoms with van der Waals surface area (Å²) in [6.45, 7) is 9.21. The number of rotatable bonds is 6. The fourth-order valence-corrected chi connectivity index (χ4v) is 3.08. The molecule has 1 aliphatic heterocycles. The van der Waals surface area contributed by atoms with Crippen molar-refractivity contribution in [2.24, 2.45) is 0 Å². The minimum absolute atomic E-state index is 0.704.